The number of hydrogen-bond acceptors (Lipinski definition) is 3. The molecule has 1 heterocycles. The highest BCUT2D eigenvalue weighted by atomic mass is 16.2. The van der Waals surface area contributed by atoms with E-state index in [1.54, 1.807) is 12.3 Å². The second-order valence-corrected chi connectivity index (χ2v) is 6.74. The van der Waals surface area contributed by atoms with E-state index in [1.807, 2.05) is 43.7 Å². The van der Waals surface area contributed by atoms with Crippen LogP contribution in [0.1, 0.15) is 44.0 Å². The first-order valence-electron chi connectivity index (χ1n) is 8.94. The monoisotopic (exact) mass is 360 g/mol. The van der Waals surface area contributed by atoms with Gasteiger partial charge in [0.15, 0.2) is 0 Å². The van der Waals surface area contributed by atoms with Gasteiger partial charge >= 0.3 is 0 Å². The van der Waals surface area contributed by atoms with Crippen LogP contribution < -0.4 is 5.43 Å². The van der Waals surface area contributed by atoms with E-state index in [0.29, 0.717) is 12.1 Å². The van der Waals surface area contributed by atoms with E-state index in [9.17, 15) is 4.79 Å². The summed E-state index contributed by atoms with van der Waals surface area (Å²) in [6.45, 7) is 8.65. The zero-order chi connectivity index (χ0) is 19.4. The van der Waals surface area contributed by atoms with Crippen molar-refractivity contribution in [3.05, 3.63) is 87.7 Å². The largest absolute Gasteiger partial charge is 0.271 e. The van der Waals surface area contributed by atoms with Crippen molar-refractivity contribution in [2.24, 2.45) is 5.10 Å². The van der Waals surface area contributed by atoms with E-state index >= 15 is 0 Å². The smallest absolute Gasteiger partial charge is 0.267 e. The van der Waals surface area contributed by atoms with Gasteiger partial charge in [0.2, 0.25) is 0 Å². The summed E-state index contributed by atoms with van der Waals surface area (Å²) in [7, 11) is 0. The average molecular weight is 360 g/mol. The second kappa shape index (κ2) is 7.99. The Morgan fingerprint density at radius 2 is 1.78 bits per heavy atom. The molecule has 0 spiro atoms. The van der Waals surface area contributed by atoms with Gasteiger partial charge in [-0.2, -0.15) is 10.2 Å². The van der Waals surface area contributed by atoms with Crippen LogP contribution in [0.25, 0.3) is 0 Å². The Morgan fingerprint density at radius 1 is 1.07 bits per heavy atom. The SMILES string of the molecule is Cc1ccc(Cn2nc(C)c(/C=N\NC(=O)c3ccccc3C)c2C)cc1. The van der Waals surface area contributed by atoms with E-state index in [0.717, 1.165) is 22.5 Å². The molecule has 0 bridgehead atoms. The molecule has 0 aliphatic carbocycles. The number of hydrazone groups is 1. The van der Waals surface area contributed by atoms with Gasteiger partial charge in [-0.05, 0) is 44.9 Å². The minimum absolute atomic E-state index is 0.216. The molecule has 138 valence electrons. The zero-order valence-electron chi connectivity index (χ0n) is 16.2. The summed E-state index contributed by atoms with van der Waals surface area (Å²) in [5.41, 5.74) is 9.40. The van der Waals surface area contributed by atoms with Gasteiger partial charge in [-0.25, -0.2) is 5.43 Å². The molecule has 0 atom stereocenters. The number of amides is 1. The number of rotatable bonds is 5. The summed E-state index contributed by atoms with van der Waals surface area (Å²) in [5, 5.41) is 8.75. The molecule has 0 saturated heterocycles. The lowest BCUT2D eigenvalue weighted by Gasteiger charge is -2.05. The molecule has 3 aromatic rings. The summed E-state index contributed by atoms with van der Waals surface area (Å²) in [6, 6.07) is 15.9. The van der Waals surface area contributed by atoms with E-state index in [-0.39, 0.29) is 5.91 Å². The standard InChI is InChI=1S/C22H24N4O/c1-15-9-11-19(12-10-15)14-26-18(4)21(17(3)25-26)13-23-24-22(27)20-8-6-5-7-16(20)2/h5-13H,14H2,1-4H3,(H,24,27)/b23-13-. The molecular weight excluding hydrogens is 336 g/mol. The maximum Gasteiger partial charge on any atom is 0.271 e. The van der Waals surface area contributed by atoms with Gasteiger partial charge < -0.3 is 0 Å². The molecule has 1 N–H and O–H groups in total. The summed E-state index contributed by atoms with van der Waals surface area (Å²) >= 11 is 0. The molecule has 0 aliphatic heterocycles. The lowest BCUT2D eigenvalue weighted by Crippen LogP contribution is -2.18. The van der Waals surface area contributed by atoms with Crippen molar-refractivity contribution in [2.45, 2.75) is 34.2 Å². The summed E-state index contributed by atoms with van der Waals surface area (Å²) in [6.07, 6.45) is 1.67. The minimum Gasteiger partial charge on any atom is -0.267 e. The Morgan fingerprint density at radius 3 is 2.48 bits per heavy atom. The first-order valence-corrected chi connectivity index (χ1v) is 8.94. The number of carbonyl (C=O) groups is 1. The highest BCUT2D eigenvalue weighted by molar-refractivity contribution is 5.96. The van der Waals surface area contributed by atoms with Crippen molar-refractivity contribution in [3.8, 4) is 0 Å². The van der Waals surface area contributed by atoms with Gasteiger partial charge in [0.25, 0.3) is 5.91 Å². The molecule has 5 nitrogen and oxygen atoms in total. The molecule has 1 aromatic heterocycles. The van der Waals surface area contributed by atoms with Gasteiger partial charge in [0.1, 0.15) is 0 Å². The van der Waals surface area contributed by atoms with Crippen molar-refractivity contribution in [1.29, 1.82) is 0 Å². The summed E-state index contributed by atoms with van der Waals surface area (Å²) in [4.78, 5) is 12.3. The summed E-state index contributed by atoms with van der Waals surface area (Å²) in [5.74, 6) is -0.216. The van der Waals surface area contributed by atoms with Crippen LogP contribution in [0.5, 0.6) is 0 Å². The molecule has 5 heteroatoms. The third-order valence-corrected chi connectivity index (χ3v) is 4.64. The molecule has 0 unspecified atom stereocenters. The average Bonchev–Trinajstić information content (AvgIpc) is 2.91. The number of aryl methyl sites for hydroxylation is 3. The lowest BCUT2D eigenvalue weighted by atomic mass is 10.1. The first-order chi connectivity index (χ1) is 13.0. The van der Waals surface area contributed by atoms with Crippen molar-refractivity contribution in [3.63, 3.8) is 0 Å². The lowest BCUT2D eigenvalue weighted by molar-refractivity contribution is 0.0954. The topological polar surface area (TPSA) is 59.3 Å². The molecule has 2 aromatic carbocycles. The maximum atomic E-state index is 12.3. The van der Waals surface area contributed by atoms with Gasteiger partial charge in [-0.3, -0.25) is 9.48 Å². The molecule has 0 radical (unpaired) electrons. The molecule has 3 rings (SSSR count). The van der Waals surface area contributed by atoms with Crippen LogP contribution in [0.2, 0.25) is 0 Å². The number of nitrogens with zero attached hydrogens (tertiary/aromatic N) is 3. The van der Waals surface area contributed by atoms with Gasteiger partial charge in [-0.1, -0.05) is 48.0 Å². The van der Waals surface area contributed by atoms with Crippen molar-refractivity contribution < 1.29 is 4.79 Å². The maximum absolute atomic E-state index is 12.3. The first kappa shape index (κ1) is 18.6. The fourth-order valence-electron chi connectivity index (χ4n) is 2.96. The van der Waals surface area contributed by atoms with Crippen LogP contribution >= 0.6 is 0 Å². The Bertz CT molecular complexity index is 984. The fraction of sp³-hybridized carbons (Fsp3) is 0.227. The molecule has 27 heavy (non-hydrogen) atoms. The predicted molar refractivity (Wildman–Crippen MR) is 108 cm³/mol. The highest BCUT2D eigenvalue weighted by Gasteiger charge is 2.11. The van der Waals surface area contributed by atoms with Crippen LogP contribution in [0.3, 0.4) is 0 Å². The van der Waals surface area contributed by atoms with Gasteiger partial charge in [0, 0.05) is 16.8 Å². The van der Waals surface area contributed by atoms with Crippen LogP contribution in [-0.4, -0.2) is 21.9 Å². The van der Waals surface area contributed by atoms with Crippen LogP contribution in [0.15, 0.2) is 53.6 Å². The molecule has 1 amide bonds. The van der Waals surface area contributed by atoms with E-state index < -0.39 is 0 Å². The minimum atomic E-state index is -0.216. The quantitative estimate of drug-likeness (QED) is 0.554. The highest BCUT2D eigenvalue weighted by Crippen LogP contribution is 2.13. The fourth-order valence-corrected chi connectivity index (χ4v) is 2.96. The van der Waals surface area contributed by atoms with Crippen molar-refractivity contribution in [2.75, 3.05) is 0 Å². The van der Waals surface area contributed by atoms with Crippen molar-refractivity contribution in [1.82, 2.24) is 15.2 Å². The normalized spacial score (nSPS) is 11.1. The Hall–Kier alpha value is -3.21. The number of benzene rings is 2. The Kier molecular flexibility index (Phi) is 5.50. The van der Waals surface area contributed by atoms with E-state index in [2.05, 4.69) is 46.8 Å². The second-order valence-electron chi connectivity index (χ2n) is 6.74. The van der Waals surface area contributed by atoms with E-state index in [1.165, 1.54) is 11.1 Å². The third-order valence-electron chi connectivity index (χ3n) is 4.64. The van der Waals surface area contributed by atoms with Gasteiger partial charge in [-0.15, -0.1) is 0 Å². The number of aromatic nitrogens is 2. The molecule has 0 saturated carbocycles. The Labute approximate surface area is 159 Å². The van der Waals surface area contributed by atoms with Crippen LogP contribution in [0.4, 0.5) is 0 Å². The number of carbonyl (C=O) groups excluding carboxylic acids is 1. The van der Waals surface area contributed by atoms with Gasteiger partial charge in [0.05, 0.1) is 18.5 Å². The Balaban J connectivity index is 1.72. The predicted octanol–water partition coefficient (Wildman–Crippen LogP) is 3.93. The van der Waals surface area contributed by atoms with E-state index in [4.69, 9.17) is 0 Å². The van der Waals surface area contributed by atoms with Crippen LogP contribution in [-0.2, 0) is 6.54 Å². The number of nitrogens with one attached hydrogen (secondary N) is 1. The molecule has 0 aliphatic rings. The number of hydrogen-bond donors (Lipinski definition) is 1. The molecular formula is C22H24N4O. The third kappa shape index (κ3) is 4.31. The summed E-state index contributed by atoms with van der Waals surface area (Å²) < 4.78 is 1.96. The van der Waals surface area contributed by atoms with Crippen LogP contribution in [0, 0.1) is 27.7 Å². The zero-order valence-corrected chi connectivity index (χ0v) is 16.2. The molecule has 0 fully saturated rings. The van der Waals surface area contributed by atoms with Crippen molar-refractivity contribution >= 4 is 12.1 Å².